The Morgan fingerprint density at radius 2 is 1.86 bits per heavy atom. The lowest BCUT2D eigenvalue weighted by Crippen LogP contribution is -2.41. The summed E-state index contributed by atoms with van der Waals surface area (Å²) in [6, 6.07) is 23.1. The molecule has 1 aliphatic rings. The molecule has 1 fully saturated rings. The summed E-state index contributed by atoms with van der Waals surface area (Å²) in [4.78, 5) is 14.0. The van der Waals surface area contributed by atoms with Gasteiger partial charge in [0, 0.05) is 6.54 Å². The zero-order chi connectivity index (χ0) is 20.2. The zero-order valence-electron chi connectivity index (χ0n) is 16.8. The molecule has 1 saturated heterocycles. The fraction of sp³-hybridized carbons (Fsp3) is 0.320. The van der Waals surface area contributed by atoms with Crippen LogP contribution in [0.4, 0.5) is 0 Å². The van der Waals surface area contributed by atoms with Crippen LogP contribution >= 0.6 is 0 Å². The first-order valence-electron chi connectivity index (χ1n) is 10.3. The molecule has 3 aromatic carbocycles. The van der Waals surface area contributed by atoms with Crippen molar-refractivity contribution in [1.29, 1.82) is 0 Å². The van der Waals surface area contributed by atoms with Crippen LogP contribution in [0, 0.1) is 5.92 Å². The van der Waals surface area contributed by atoms with E-state index in [2.05, 4.69) is 53.4 Å². The Labute approximate surface area is 171 Å². The van der Waals surface area contributed by atoms with Crippen molar-refractivity contribution >= 4 is 16.7 Å². The zero-order valence-corrected chi connectivity index (χ0v) is 16.8. The van der Waals surface area contributed by atoms with Crippen LogP contribution in [-0.4, -0.2) is 35.7 Å². The molecule has 0 aromatic heterocycles. The number of benzene rings is 3. The quantitative estimate of drug-likeness (QED) is 0.635. The number of carbonyl (C=O) groups is 1. The van der Waals surface area contributed by atoms with Gasteiger partial charge in [-0.3, -0.25) is 9.69 Å². The number of hydrogen-bond donors (Lipinski definition) is 1. The minimum absolute atomic E-state index is 0.00200. The summed E-state index contributed by atoms with van der Waals surface area (Å²) in [5.41, 5.74) is 2.32. The van der Waals surface area contributed by atoms with Crippen molar-refractivity contribution in [2.75, 3.05) is 19.7 Å². The largest absolute Gasteiger partial charge is 0.494 e. The number of likely N-dealkylation sites (tertiary alicyclic amines) is 1. The highest BCUT2D eigenvalue weighted by molar-refractivity contribution is 5.83. The van der Waals surface area contributed by atoms with Gasteiger partial charge in [-0.1, -0.05) is 48.5 Å². The van der Waals surface area contributed by atoms with Gasteiger partial charge in [0.05, 0.1) is 18.6 Å². The summed E-state index contributed by atoms with van der Waals surface area (Å²) < 4.78 is 5.74. The van der Waals surface area contributed by atoms with Gasteiger partial charge >= 0.3 is 5.97 Å². The van der Waals surface area contributed by atoms with Gasteiger partial charge in [0.15, 0.2) is 0 Å². The smallest absolute Gasteiger partial charge is 0.307 e. The van der Waals surface area contributed by atoms with Crippen LogP contribution in [0.5, 0.6) is 5.75 Å². The minimum atomic E-state index is -0.699. The Bertz CT molecular complexity index is 1000. The predicted molar refractivity (Wildman–Crippen MR) is 115 cm³/mol. The van der Waals surface area contributed by atoms with E-state index in [1.165, 1.54) is 16.3 Å². The standard InChI is InChI=1S/C25H27NO3/c1-2-29-23-11-5-9-20(16-23)24(26-14-6-10-22(17-26)25(27)28)21-13-12-18-7-3-4-8-19(18)15-21/h3-5,7-9,11-13,15-16,22,24H,2,6,10,14,17H2,1H3,(H,27,28). The van der Waals surface area contributed by atoms with Gasteiger partial charge in [-0.15, -0.1) is 0 Å². The molecule has 0 bridgehead atoms. The normalized spacial score (nSPS) is 18.4. The van der Waals surface area contributed by atoms with Crippen LogP contribution in [0.25, 0.3) is 10.8 Å². The minimum Gasteiger partial charge on any atom is -0.494 e. The number of ether oxygens (including phenoxy) is 1. The van der Waals surface area contributed by atoms with Gasteiger partial charge in [-0.2, -0.15) is 0 Å². The van der Waals surface area contributed by atoms with Crippen molar-refractivity contribution in [3.63, 3.8) is 0 Å². The average Bonchev–Trinajstić information content (AvgIpc) is 2.75. The second kappa shape index (κ2) is 8.66. The number of hydrogen-bond acceptors (Lipinski definition) is 3. The molecule has 1 aliphatic heterocycles. The van der Waals surface area contributed by atoms with E-state index in [9.17, 15) is 9.90 Å². The summed E-state index contributed by atoms with van der Waals surface area (Å²) in [6.07, 6.45) is 1.64. The topological polar surface area (TPSA) is 49.8 Å². The second-order valence-electron chi connectivity index (χ2n) is 7.69. The van der Waals surface area contributed by atoms with Crippen molar-refractivity contribution in [1.82, 2.24) is 4.90 Å². The highest BCUT2D eigenvalue weighted by Crippen LogP contribution is 2.35. The Morgan fingerprint density at radius 3 is 2.66 bits per heavy atom. The molecular weight excluding hydrogens is 362 g/mol. The summed E-state index contributed by atoms with van der Waals surface area (Å²) >= 11 is 0. The lowest BCUT2D eigenvalue weighted by molar-refractivity contribution is -0.143. The maximum atomic E-state index is 11.7. The monoisotopic (exact) mass is 389 g/mol. The molecule has 4 heteroatoms. The van der Waals surface area contributed by atoms with Crippen molar-refractivity contribution in [2.45, 2.75) is 25.8 Å². The van der Waals surface area contributed by atoms with E-state index in [1.54, 1.807) is 0 Å². The van der Waals surface area contributed by atoms with Gasteiger partial charge in [-0.25, -0.2) is 0 Å². The Kier molecular flexibility index (Phi) is 5.81. The number of carboxylic acids is 1. The first-order chi connectivity index (χ1) is 14.2. The molecule has 150 valence electrons. The molecule has 0 radical (unpaired) electrons. The predicted octanol–water partition coefficient (Wildman–Crippen LogP) is 5.12. The van der Waals surface area contributed by atoms with E-state index in [4.69, 9.17) is 4.74 Å². The van der Waals surface area contributed by atoms with Gasteiger partial charge < -0.3 is 9.84 Å². The van der Waals surface area contributed by atoms with E-state index in [0.29, 0.717) is 13.2 Å². The van der Waals surface area contributed by atoms with Crippen LogP contribution in [0.3, 0.4) is 0 Å². The lowest BCUT2D eigenvalue weighted by Gasteiger charge is -2.37. The molecule has 2 unspecified atom stereocenters. The molecule has 29 heavy (non-hydrogen) atoms. The third kappa shape index (κ3) is 4.28. The first kappa shape index (κ1) is 19.5. The number of rotatable bonds is 6. The molecule has 0 saturated carbocycles. The highest BCUT2D eigenvalue weighted by atomic mass is 16.5. The lowest BCUT2D eigenvalue weighted by atomic mass is 9.90. The van der Waals surface area contributed by atoms with Crippen molar-refractivity contribution in [3.8, 4) is 5.75 Å². The van der Waals surface area contributed by atoms with Crippen LogP contribution in [0.2, 0.25) is 0 Å². The van der Waals surface area contributed by atoms with E-state index in [-0.39, 0.29) is 12.0 Å². The van der Waals surface area contributed by atoms with Gasteiger partial charge in [0.1, 0.15) is 5.75 Å². The molecule has 1 N–H and O–H groups in total. The third-order valence-electron chi connectivity index (χ3n) is 5.74. The van der Waals surface area contributed by atoms with Crippen LogP contribution in [-0.2, 0) is 4.79 Å². The van der Waals surface area contributed by atoms with E-state index < -0.39 is 5.97 Å². The summed E-state index contributed by atoms with van der Waals surface area (Å²) in [6.45, 7) is 4.05. The molecule has 4 nitrogen and oxygen atoms in total. The Hall–Kier alpha value is -2.85. The van der Waals surface area contributed by atoms with Crippen molar-refractivity contribution in [3.05, 3.63) is 77.9 Å². The fourth-order valence-electron chi connectivity index (χ4n) is 4.38. The number of fused-ring (bicyclic) bond motifs is 1. The molecule has 3 aromatic rings. The Morgan fingerprint density at radius 1 is 1.07 bits per heavy atom. The molecule has 0 amide bonds. The van der Waals surface area contributed by atoms with Crippen LogP contribution < -0.4 is 4.74 Å². The fourth-order valence-corrected chi connectivity index (χ4v) is 4.38. The van der Waals surface area contributed by atoms with Crippen LogP contribution in [0.15, 0.2) is 66.7 Å². The average molecular weight is 389 g/mol. The number of nitrogens with zero attached hydrogens (tertiary/aromatic N) is 1. The maximum absolute atomic E-state index is 11.7. The maximum Gasteiger partial charge on any atom is 0.307 e. The van der Waals surface area contributed by atoms with Gasteiger partial charge in [0.25, 0.3) is 0 Å². The highest BCUT2D eigenvalue weighted by Gasteiger charge is 2.31. The van der Waals surface area contributed by atoms with Crippen molar-refractivity contribution in [2.24, 2.45) is 5.92 Å². The molecular formula is C25H27NO3. The SMILES string of the molecule is CCOc1cccc(C(c2ccc3ccccc3c2)N2CCCC(C(=O)O)C2)c1. The number of piperidine rings is 1. The van der Waals surface area contributed by atoms with Gasteiger partial charge in [0.2, 0.25) is 0 Å². The Balaban J connectivity index is 1.77. The summed E-state index contributed by atoms with van der Waals surface area (Å²) in [5.74, 6) is -0.167. The molecule has 4 rings (SSSR count). The second-order valence-corrected chi connectivity index (χ2v) is 7.69. The van der Waals surface area contributed by atoms with Gasteiger partial charge in [-0.05, 0) is 66.4 Å². The van der Waals surface area contributed by atoms with E-state index >= 15 is 0 Å². The summed E-state index contributed by atoms with van der Waals surface area (Å²) in [7, 11) is 0. The molecule has 0 spiro atoms. The summed E-state index contributed by atoms with van der Waals surface area (Å²) in [5, 5.41) is 12.0. The first-order valence-corrected chi connectivity index (χ1v) is 10.3. The number of carboxylic acid groups (broad SMARTS) is 1. The molecule has 0 aliphatic carbocycles. The van der Waals surface area contributed by atoms with E-state index in [1.807, 2.05) is 25.1 Å². The molecule has 1 heterocycles. The van der Waals surface area contributed by atoms with E-state index in [0.717, 1.165) is 30.7 Å². The molecule has 2 atom stereocenters. The van der Waals surface area contributed by atoms with Crippen molar-refractivity contribution < 1.29 is 14.6 Å². The third-order valence-corrected chi connectivity index (χ3v) is 5.74. The van der Waals surface area contributed by atoms with Crippen LogP contribution in [0.1, 0.15) is 36.9 Å². The number of aliphatic carboxylic acids is 1.